The van der Waals surface area contributed by atoms with Crippen LogP contribution in [-0.2, 0) is 29.3 Å². The lowest BCUT2D eigenvalue weighted by Crippen LogP contribution is -2.17. The second-order valence-corrected chi connectivity index (χ2v) is 1.99. The van der Waals surface area contributed by atoms with Crippen LogP contribution in [0.3, 0.4) is 0 Å². The molecule has 0 aliphatic rings. The van der Waals surface area contributed by atoms with Crippen molar-refractivity contribution < 1.29 is 38.9 Å². The number of hydrogen-bond donors (Lipinski definition) is 0. The zero-order valence-electron chi connectivity index (χ0n) is 8.44. The van der Waals surface area contributed by atoms with Gasteiger partial charge in [0, 0.05) is 10.1 Å². The Hall–Kier alpha value is -2.56. The first-order valence-electron chi connectivity index (χ1n) is 3.98. The molecule has 0 amide bonds. The van der Waals surface area contributed by atoms with Crippen LogP contribution in [0.5, 0.6) is 0 Å². The van der Waals surface area contributed by atoms with Crippen LogP contribution in [0.2, 0.25) is 0 Å². The summed E-state index contributed by atoms with van der Waals surface area (Å²) in [7, 11) is 0. The van der Waals surface area contributed by atoms with Crippen molar-refractivity contribution in [1.82, 2.24) is 0 Å². The van der Waals surface area contributed by atoms with E-state index in [1.165, 1.54) is 19.1 Å². The molecule has 0 saturated carbocycles. The molecular formula is C7H6N2O8. The number of carbonyl (C=O) groups is 2. The van der Waals surface area contributed by atoms with Gasteiger partial charge < -0.3 is 9.47 Å². The third-order valence-corrected chi connectivity index (χ3v) is 0.943. The summed E-state index contributed by atoms with van der Waals surface area (Å²) in [5, 5.41) is 23.6. The fourth-order valence-electron chi connectivity index (χ4n) is 0.423. The van der Waals surface area contributed by atoms with Gasteiger partial charge in [-0.15, -0.1) is 0 Å². The maximum absolute atomic E-state index is 10.6. The van der Waals surface area contributed by atoms with Gasteiger partial charge in [-0.3, -0.25) is 0 Å². The summed E-state index contributed by atoms with van der Waals surface area (Å²) in [6, 6.07) is 2.64. The van der Waals surface area contributed by atoms with E-state index < -0.39 is 18.4 Å². The Morgan fingerprint density at radius 2 is 1.65 bits per heavy atom. The summed E-state index contributed by atoms with van der Waals surface area (Å²) in [5.74, 6) is 0. The summed E-state index contributed by atoms with van der Waals surface area (Å²) in [4.78, 5) is 28.5. The lowest BCUT2D eigenvalue weighted by atomic mass is 10.4. The van der Waals surface area contributed by atoms with Crippen molar-refractivity contribution in [2.45, 2.75) is 13.0 Å². The van der Waals surface area contributed by atoms with Crippen molar-refractivity contribution in [2.75, 3.05) is 6.61 Å². The third-order valence-electron chi connectivity index (χ3n) is 0.943. The van der Waals surface area contributed by atoms with Crippen molar-refractivity contribution in [1.29, 1.82) is 10.5 Å². The Morgan fingerprint density at radius 1 is 1.12 bits per heavy atom. The standard InChI is InChI=1S/C7H6N2O8/c1-2-12-6(10)14-16-17-15-7(11)13-5(3-8)4-9/h5H,2H2,1H3. The van der Waals surface area contributed by atoms with E-state index >= 15 is 0 Å². The van der Waals surface area contributed by atoms with Gasteiger partial charge >= 0.3 is 12.3 Å². The van der Waals surface area contributed by atoms with Gasteiger partial charge in [0.15, 0.2) is 0 Å². The predicted molar refractivity (Wildman–Crippen MR) is 42.9 cm³/mol. The van der Waals surface area contributed by atoms with Crippen LogP contribution in [0.1, 0.15) is 6.92 Å². The zero-order chi connectivity index (χ0) is 13.1. The zero-order valence-corrected chi connectivity index (χ0v) is 8.44. The highest BCUT2D eigenvalue weighted by Gasteiger charge is 2.15. The molecule has 0 fully saturated rings. The lowest BCUT2D eigenvalue weighted by Gasteiger charge is -2.02. The number of nitriles is 2. The first-order valence-corrected chi connectivity index (χ1v) is 3.98. The molecule has 0 spiro atoms. The highest BCUT2D eigenvalue weighted by molar-refractivity contribution is 5.60. The van der Waals surface area contributed by atoms with Crippen LogP contribution >= 0.6 is 0 Å². The quantitative estimate of drug-likeness (QED) is 0.291. The number of rotatable bonds is 5. The summed E-state index contributed by atoms with van der Waals surface area (Å²) < 4.78 is 8.27. The SMILES string of the molecule is CCOC(=O)OOOOC(=O)OC(C#N)C#N. The molecule has 0 N–H and O–H groups in total. The second-order valence-electron chi connectivity index (χ2n) is 1.99. The number of ether oxygens (including phenoxy) is 2. The molecule has 0 bridgehead atoms. The lowest BCUT2D eigenvalue weighted by molar-refractivity contribution is -0.601. The average Bonchev–Trinajstić information content (AvgIpc) is 2.32. The van der Waals surface area contributed by atoms with Crippen LogP contribution in [0.15, 0.2) is 0 Å². The van der Waals surface area contributed by atoms with Crippen molar-refractivity contribution in [3.8, 4) is 12.1 Å². The molecule has 17 heavy (non-hydrogen) atoms. The third kappa shape index (κ3) is 7.38. The van der Waals surface area contributed by atoms with Crippen LogP contribution in [0.4, 0.5) is 9.59 Å². The molecule has 10 nitrogen and oxygen atoms in total. The molecular weight excluding hydrogens is 240 g/mol. The van der Waals surface area contributed by atoms with Gasteiger partial charge in [-0.1, -0.05) is 0 Å². The second kappa shape index (κ2) is 8.72. The van der Waals surface area contributed by atoms with Gasteiger partial charge in [0.1, 0.15) is 12.1 Å². The summed E-state index contributed by atoms with van der Waals surface area (Å²) in [6.07, 6.45) is -4.42. The van der Waals surface area contributed by atoms with E-state index in [9.17, 15) is 9.59 Å². The van der Waals surface area contributed by atoms with E-state index in [4.69, 9.17) is 10.5 Å². The Balaban J connectivity index is 3.63. The highest BCUT2D eigenvalue weighted by Crippen LogP contribution is 1.95. The van der Waals surface area contributed by atoms with Crippen LogP contribution in [-0.4, -0.2) is 25.0 Å². The number of hydrogen-bond acceptors (Lipinski definition) is 10. The topological polar surface area (TPSA) is 137 Å². The normalized spacial score (nSPS) is 8.71. The highest BCUT2D eigenvalue weighted by atomic mass is 17.7. The maximum Gasteiger partial charge on any atom is 0.544 e. The summed E-state index contributed by atoms with van der Waals surface area (Å²) in [5.41, 5.74) is 0. The number of carbonyl (C=O) groups excluding carboxylic acids is 2. The molecule has 0 aliphatic carbocycles. The van der Waals surface area contributed by atoms with Crippen molar-refractivity contribution in [2.24, 2.45) is 0 Å². The summed E-state index contributed by atoms with van der Waals surface area (Å²) in [6.45, 7) is 1.55. The molecule has 0 aliphatic heterocycles. The monoisotopic (exact) mass is 246 g/mol. The van der Waals surface area contributed by atoms with Gasteiger partial charge in [-0.05, 0) is 6.92 Å². The van der Waals surface area contributed by atoms with E-state index in [0.717, 1.165) is 0 Å². The van der Waals surface area contributed by atoms with Gasteiger partial charge in [0.05, 0.1) is 6.61 Å². The van der Waals surface area contributed by atoms with Crippen molar-refractivity contribution in [3.05, 3.63) is 0 Å². The molecule has 0 aromatic carbocycles. The van der Waals surface area contributed by atoms with E-state index in [1.807, 2.05) is 0 Å². The van der Waals surface area contributed by atoms with Gasteiger partial charge in [0.2, 0.25) is 0 Å². The molecule has 92 valence electrons. The molecule has 0 atom stereocenters. The largest absolute Gasteiger partial charge is 0.544 e. The summed E-state index contributed by atoms with van der Waals surface area (Å²) >= 11 is 0. The molecule has 0 saturated heterocycles. The fraction of sp³-hybridized carbons (Fsp3) is 0.429. The molecule has 0 unspecified atom stereocenters. The Labute approximate surface area is 94.5 Å². The molecule has 0 aromatic rings. The minimum Gasteiger partial charge on any atom is -0.433 e. The number of nitrogens with zero attached hydrogens (tertiary/aromatic N) is 2. The van der Waals surface area contributed by atoms with E-state index in [1.54, 1.807) is 0 Å². The Kier molecular flexibility index (Phi) is 7.41. The van der Waals surface area contributed by atoms with E-state index in [2.05, 4.69) is 29.3 Å². The molecule has 10 heteroatoms. The van der Waals surface area contributed by atoms with Gasteiger partial charge in [0.25, 0.3) is 6.10 Å². The van der Waals surface area contributed by atoms with Crippen molar-refractivity contribution in [3.63, 3.8) is 0 Å². The first kappa shape index (κ1) is 14.4. The minimum atomic E-state index is -1.66. The van der Waals surface area contributed by atoms with Gasteiger partial charge in [-0.25, -0.2) is 19.4 Å². The van der Waals surface area contributed by atoms with Crippen LogP contribution < -0.4 is 0 Å². The van der Waals surface area contributed by atoms with E-state index in [0.29, 0.717) is 0 Å². The Morgan fingerprint density at radius 3 is 2.12 bits per heavy atom. The predicted octanol–water partition coefficient (Wildman–Crippen LogP) is 0.507. The smallest absolute Gasteiger partial charge is 0.433 e. The van der Waals surface area contributed by atoms with E-state index in [-0.39, 0.29) is 6.61 Å². The average molecular weight is 246 g/mol. The van der Waals surface area contributed by atoms with Crippen LogP contribution in [0.25, 0.3) is 0 Å². The Bertz CT molecular complexity index is 329. The molecule has 0 aromatic heterocycles. The van der Waals surface area contributed by atoms with Crippen LogP contribution in [0, 0.1) is 22.7 Å². The minimum absolute atomic E-state index is 0.0388. The fourth-order valence-corrected chi connectivity index (χ4v) is 0.423. The molecule has 0 radical (unpaired) electrons. The van der Waals surface area contributed by atoms with Crippen molar-refractivity contribution >= 4 is 12.3 Å². The van der Waals surface area contributed by atoms with Gasteiger partial charge in [-0.2, -0.15) is 10.5 Å². The maximum atomic E-state index is 10.6. The molecule has 0 heterocycles. The molecule has 0 rings (SSSR count). The first-order chi connectivity index (χ1) is 8.13.